The average molecular weight is 325 g/mol. The Morgan fingerprint density at radius 3 is 3.13 bits per heavy atom. The molecule has 0 atom stereocenters. The molecule has 2 aromatic rings. The maximum absolute atomic E-state index is 12.2. The SMILES string of the molecule is Cc1cccc(CCC(=O)Nc2sc3c(c2C#N)CCNC3)c1. The summed E-state index contributed by atoms with van der Waals surface area (Å²) in [6.45, 7) is 3.72. The van der Waals surface area contributed by atoms with E-state index in [9.17, 15) is 10.1 Å². The lowest BCUT2D eigenvalue weighted by molar-refractivity contribution is -0.116. The lowest BCUT2D eigenvalue weighted by atomic mass is 10.0. The van der Waals surface area contributed by atoms with Crippen molar-refractivity contribution in [2.45, 2.75) is 32.7 Å². The van der Waals surface area contributed by atoms with Crippen molar-refractivity contribution in [1.82, 2.24) is 5.32 Å². The average Bonchev–Trinajstić information content (AvgIpc) is 2.90. The van der Waals surface area contributed by atoms with Crippen LogP contribution >= 0.6 is 11.3 Å². The minimum atomic E-state index is -0.0328. The Bertz CT molecular complexity index is 773. The number of hydrogen-bond acceptors (Lipinski definition) is 4. The van der Waals surface area contributed by atoms with Crippen molar-refractivity contribution in [1.29, 1.82) is 5.26 Å². The highest BCUT2D eigenvalue weighted by atomic mass is 32.1. The summed E-state index contributed by atoms with van der Waals surface area (Å²) < 4.78 is 0. The van der Waals surface area contributed by atoms with Gasteiger partial charge in [0.2, 0.25) is 5.91 Å². The highest BCUT2D eigenvalue weighted by Crippen LogP contribution is 2.34. The molecule has 0 spiro atoms. The number of carbonyl (C=O) groups excluding carboxylic acids is 1. The van der Waals surface area contributed by atoms with Gasteiger partial charge >= 0.3 is 0 Å². The number of aryl methyl sites for hydroxylation is 2. The second kappa shape index (κ2) is 6.95. The predicted molar refractivity (Wildman–Crippen MR) is 92.6 cm³/mol. The van der Waals surface area contributed by atoms with Gasteiger partial charge in [0.15, 0.2) is 0 Å². The molecule has 23 heavy (non-hydrogen) atoms. The van der Waals surface area contributed by atoms with E-state index in [4.69, 9.17) is 0 Å². The lowest BCUT2D eigenvalue weighted by Crippen LogP contribution is -2.22. The first kappa shape index (κ1) is 15.7. The van der Waals surface area contributed by atoms with Gasteiger partial charge in [-0.1, -0.05) is 29.8 Å². The fourth-order valence-electron chi connectivity index (χ4n) is 2.86. The van der Waals surface area contributed by atoms with Crippen LogP contribution in [0.5, 0.6) is 0 Å². The van der Waals surface area contributed by atoms with Crippen LogP contribution in [0.2, 0.25) is 0 Å². The molecule has 0 fully saturated rings. The predicted octanol–water partition coefficient (Wildman–Crippen LogP) is 3.15. The Balaban J connectivity index is 1.66. The van der Waals surface area contributed by atoms with E-state index in [2.05, 4.69) is 22.8 Å². The fourth-order valence-corrected chi connectivity index (χ4v) is 4.04. The summed E-state index contributed by atoms with van der Waals surface area (Å²) in [6, 6.07) is 10.5. The van der Waals surface area contributed by atoms with E-state index in [1.54, 1.807) is 0 Å². The second-order valence-electron chi connectivity index (χ2n) is 5.78. The molecule has 0 unspecified atom stereocenters. The summed E-state index contributed by atoms with van der Waals surface area (Å²) in [6.07, 6.45) is 1.99. The fraction of sp³-hybridized carbons (Fsp3) is 0.333. The summed E-state index contributed by atoms with van der Waals surface area (Å²) in [4.78, 5) is 13.4. The van der Waals surface area contributed by atoms with Crippen LogP contribution in [0, 0.1) is 18.3 Å². The molecule has 1 aliphatic heterocycles. The summed E-state index contributed by atoms with van der Waals surface area (Å²) >= 11 is 1.52. The Morgan fingerprint density at radius 2 is 2.35 bits per heavy atom. The van der Waals surface area contributed by atoms with Crippen LogP contribution in [0.4, 0.5) is 5.00 Å². The maximum Gasteiger partial charge on any atom is 0.225 e. The maximum atomic E-state index is 12.2. The number of amides is 1. The van der Waals surface area contributed by atoms with Crippen LogP contribution in [-0.2, 0) is 24.2 Å². The molecule has 1 aromatic heterocycles. The van der Waals surface area contributed by atoms with E-state index in [-0.39, 0.29) is 5.91 Å². The van der Waals surface area contributed by atoms with E-state index in [1.807, 2.05) is 25.1 Å². The van der Waals surface area contributed by atoms with Crippen LogP contribution in [0.3, 0.4) is 0 Å². The molecule has 1 amide bonds. The molecule has 0 saturated heterocycles. The number of nitrogens with one attached hydrogen (secondary N) is 2. The van der Waals surface area contributed by atoms with Crippen molar-refractivity contribution in [3.63, 3.8) is 0 Å². The van der Waals surface area contributed by atoms with Crippen LogP contribution in [0.1, 0.15) is 33.6 Å². The molecule has 0 saturated carbocycles. The molecule has 118 valence electrons. The Labute approximate surface area is 140 Å². The van der Waals surface area contributed by atoms with Crippen molar-refractivity contribution in [3.8, 4) is 6.07 Å². The van der Waals surface area contributed by atoms with Gasteiger partial charge in [0.05, 0.1) is 5.56 Å². The number of nitrogens with zero attached hydrogens (tertiary/aromatic N) is 1. The Kier molecular flexibility index (Phi) is 4.75. The van der Waals surface area contributed by atoms with Crippen molar-refractivity contribution >= 4 is 22.2 Å². The molecule has 1 aliphatic rings. The van der Waals surface area contributed by atoms with Gasteiger partial charge in [-0.2, -0.15) is 5.26 Å². The molecule has 0 radical (unpaired) electrons. The van der Waals surface area contributed by atoms with E-state index in [1.165, 1.54) is 21.8 Å². The minimum absolute atomic E-state index is 0.0328. The molecule has 0 bridgehead atoms. The normalized spacial score (nSPS) is 13.2. The number of nitriles is 1. The van der Waals surface area contributed by atoms with Crippen molar-refractivity contribution < 1.29 is 4.79 Å². The summed E-state index contributed by atoms with van der Waals surface area (Å²) in [5.74, 6) is -0.0328. The Hall–Kier alpha value is -2.16. The van der Waals surface area contributed by atoms with Gasteiger partial charge in [0, 0.05) is 17.8 Å². The first-order valence-corrected chi connectivity index (χ1v) is 8.60. The molecule has 0 aliphatic carbocycles. The number of anilines is 1. The van der Waals surface area contributed by atoms with Crippen molar-refractivity contribution in [3.05, 3.63) is 51.4 Å². The third kappa shape index (κ3) is 3.61. The van der Waals surface area contributed by atoms with Crippen LogP contribution < -0.4 is 10.6 Å². The number of hydrogen-bond donors (Lipinski definition) is 2. The molecule has 2 N–H and O–H groups in total. The summed E-state index contributed by atoms with van der Waals surface area (Å²) in [5.41, 5.74) is 4.11. The largest absolute Gasteiger partial charge is 0.317 e. The van der Waals surface area contributed by atoms with Gasteiger partial charge in [-0.25, -0.2) is 0 Å². The van der Waals surface area contributed by atoms with Gasteiger partial charge in [-0.3, -0.25) is 4.79 Å². The number of thiophene rings is 1. The van der Waals surface area contributed by atoms with Crippen LogP contribution in [-0.4, -0.2) is 12.5 Å². The summed E-state index contributed by atoms with van der Waals surface area (Å²) in [5, 5.41) is 16.3. The zero-order chi connectivity index (χ0) is 16.2. The third-order valence-corrected chi connectivity index (χ3v) is 5.16. The number of benzene rings is 1. The number of fused-ring (bicyclic) bond motifs is 1. The zero-order valence-corrected chi connectivity index (χ0v) is 13.9. The topological polar surface area (TPSA) is 64.9 Å². The highest BCUT2D eigenvalue weighted by molar-refractivity contribution is 7.16. The standard InChI is InChI=1S/C18H19N3OS/c1-12-3-2-4-13(9-12)5-6-17(22)21-18-15(10-19)14-7-8-20-11-16(14)23-18/h2-4,9,20H,5-8,11H2,1H3,(H,21,22). The Morgan fingerprint density at radius 1 is 1.48 bits per heavy atom. The highest BCUT2D eigenvalue weighted by Gasteiger charge is 2.21. The second-order valence-corrected chi connectivity index (χ2v) is 6.89. The summed E-state index contributed by atoms with van der Waals surface area (Å²) in [7, 11) is 0. The van der Waals surface area contributed by atoms with Crippen LogP contribution in [0.25, 0.3) is 0 Å². The van der Waals surface area contributed by atoms with E-state index in [0.717, 1.165) is 30.6 Å². The van der Waals surface area contributed by atoms with Gasteiger partial charge < -0.3 is 10.6 Å². The van der Waals surface area contributed by atoms with Gasteiger partial charge in [0.1, 0.15) is 11.1 Å². The quantitative estimate of drug-likeness (QED) is 0.907. The van der Waals surface area contributed by atoms with Gasteiger partial charge in [-0.15, -0.1) is 11.3 Å². The van der Waals surface area contributed by atoms with Gasteiger partial charge in [-0.05, 0) is 37.4 Å². The lowest BCUT2D eigenvalue weighted by Gasteiger charge is -2.11. The molecular formula is C18H19N3OS. The zero-order valence-electron chi connectivity index (χ0n) is 13.1. The molecule has 5 heteroatoms. The molecule has 2 heterocycles. The monoisotopic (exact) mass is 325 g/mol. The minimum Gasteiger partial charge on any atom is -0.317 e. The van der Waals surface area contributed by atoms with Crippen molar-refractivity contribution in [2.24, 2.45) is 0 Å². The molecule has 1 aromatic carbocycles. The third-order valence-electron chi connectivity index (χ3n) is 4.02. The molecule has 4 nitrogen and oxygen atoms in total. The van der Waals surface area contributed by atoms with Crippen LogP contribution in [0.15, 0.2) is 24.3 Å². The molecular weight excluding hydrogens is 306 g/mol. The van der Waals surface area contributed by atoms with E-state index < -0.39 is 0 Å². The van der Waals surface area contributed by atoms with E-state index in [0.29, 0.717) is 23.4 Å². The smallest absolute Gasteiger partial charge is 0.225 e. The number of rotatable bonds is 4. The van der Waals surface area contributed by atoms with E-state index >= 15 is 0 Å². The molecule has 3 rings (SSSR count). The van der Waals surface area contributed by atoms with Gasteiger partial charge in [0.25, 0.3) is 0 Å². The first-order valence-electron chi connectivity index (χ1n) is 7.78. The number of carbonyl (C=O) groups is 1. The first-order chi connectivity index (χ1) is 11.2. The van der Waals surface area contributed by atoms with Crippen molar-refractivity contribution in [2.75, 3.05) is 11.9 Å².